The molecule has 1 unspecified atom stereocenters. The van der Waals surface area contributed by atoms with Crippen LogP contribution in [0.15, 0.2) is 48.7 Å². The van der Waals surface area contributed by atoms with Crippen molar-refractivity contribution in [3.63, 3.8) is 0 Å². The van der Waals surface area contributed by atoms with Crippen LogP contribution in [0.5, 0.6) is 6.01 Å². The molecule has 0 fully saturated rings. The van der Waals surface area contributed by atoms with E-state index >= 15 is 0 Å². The number of imidazole rings is 1. The molecule has 1 atom stereocenters. The first kappa shape index (κ1) is 18.0. The lowest BCUT2D eigenvalue weighted by atomic mass is 10.2. The molecule has 0 amide bonds. The maximum atomic E-state index is 5.78. The average Bonchev–Trinajstić information content (AvgIpc) is 3.06. The lowest BCUT2D eigenvalue weighted by Crippen LogP contribution is -2.15. The third-order valence-electron chi connectivity index (χ3n) is 4.39. The Balaban J connectivity index is 1.74. The van der Waals surface area contributed by atoms with Crippen LogP contribution >= 0.6 is 0 Å². The van der Waals surface area contributed by atoms with Gasteiger partial charge in [0.25, 0.3) is 0 Å². The summed E-state index contributed by atoms with van der Waals surface area (Å²) in [6.45, 7) is 4.05. The van der Waals surface area contributed by atoms with Gasteiger partial charge in [0.05, 0.1) is 5.69 Å². The molecular formula is C20H20N6O2. The fourth-order valence-electron chi connectivity index (χ4n) is 3.10. The van der Waals surface area contributed by atoms with Gasteiger partial charge in [-0.1, -0.05) is 30.3 Å². The van der Waals surface area contributed by atoms with Gasteiger partial charge in [-0.3, -0.25) is 4.57 Å². The Morgan fingerprint density at radius 3 is 2.54 bits per heavy atom. The van der Waals surface area contributed by atoms with Crippen LogP contribution in [0.4, 0.5) is 0 Å². The summed E-state index contributed by atoms with van der Waals surface area (Å²) in [4.78, 5) is 13.7. The monoisotopic (exact) mass is 376 g/mol. The van der Waals surface area contributed by atoms with Crippen LogP contribution in [-0.4, -0.2) is 36.8 Å². The van der Waals surface area contributed by atoms with E-state index in [1.165, 1.54) is 0 Å². The molecule has 0 radical (unpaired) electrons. The molecule has 0 aliphatic rings. The second kappa shape index (κ2) is 7.69. The summed E-state index contributed by atoms with van der Waals surface area (Å²) in [6, 6.07) is 13.9. The predicted octanol–water partition coefficient (Wildman–Crippen LogP) is 3.01. The zero-order chi connectivity index (χ0) is 19.5. The normalized spacial score (nSPS) is 12.2. The van der Waals surface area contributed by atoms with Crippen molar-refractivity contribution in [3.8, 4) is 6.01 Å². The number of fused-ring (bicyclic) bond motifs is 1. The van der Waals surface area contributed by atoms with Crippen LogP contribution < -0.4 is 4.74 Å². The standard InChI is InChI=1S/C20H20N6O2/c1-13-17-18(24-20(22-13)28-12-16-10-7-11-21-25-16)26(14(2)23-17)19(27-3)15-8-5-4-6-9-15/h4-11,19H,12H2,1-3H3. The smallest absolute Gasteiger partial charge is 0.319 e. The molecular weight excluding hydrogens is 356 g/mol. The number of benzene rings is 1. The lowest BCUT2D eigenvalue weighted by molar-refractivity contribution is 0.0796. The van der Waals surface area contributed by atoms with E-state index in [1.54, 1.807) is 13.3 Å². The first-order chi connectivity index (χ1) is 13.7. The molecule has 0 N–H and O–H groups in total. The quantitative estimate of drug-likeness (QED) is 0.511. The highest BCUT2D eigenvalue weighted by atomic mass is 16.5. The van der Waals surface area contributed by atoms with Crippen LogP contribution in [0.25, 0.3) is 11.2 Å². The van der Waals surface area contributed by atoms with Crippen molar-refractivity contribution in [2.75, 3.05) is 7.11 Å². The molecule has 0 spiro atoms. The molecule has 28 heavy (non-hydrogen) atoms. The molecule has 8 nitrogen and oxygen atoms in total. The first-order valence-electron chi connectivity index (χ1n) is 8.87. The first-order valence-corrected chi connectivity index (χ1v) is 8.87. The molecule has 8 heteroatoms. The van der Waals surface area contributed by atoms with Gasteiger partial charge in [-0.05, 0) is 26.0 Å². The van der Waals surface area contributed by atoms with Crippen molar-refractivity contribution in [2.45, 2.75) is 26.7 Å². The highest BCUT2D eigenvalue weighted by Crippen LogP contribution is 2.27. The number of methoxy groups -OCH3 is 1. The van der Waals surface area contributed by atoms with Crippen molar-refractivity contribution in [3.05, 3.63) is 71.4 Å². The Morgan fingerprint density at radius 2 is 1.82 bits per heavy atom. The highest BCUT2D eigenvalue weighted by molar-refractivity contribution is 5.74. The van der Waals surface area contributed by atoms with Crippen LogP contribution in [0.3, 0.4) is 0 Å². The Bertz CT molecular complexity index is 1080. The molecule has 0 saturated carbocycles. The summed E-state index contributed by atoms with van der Waals surface area (Å²) in [5, 5.41) is 7.86. The second-order valence-electron chi connectivity index (χ2n) is 6.30. The van der Waals surface area contributed by atoms with Crippen LogP contribution in [0, 0.1) is 13.8 Å². The van der Waals surface area contributed by atoms with E-state index in [4.69, 9.17) is 9.47 Å². The maximum Gasteiger partial charge on any atom is 0.319 e. The molecule has 0 saturated heterocycles. The van der Waals surface area contributed by atoms with E-state index in [2.05, 4.69) is 25.1 Å². The van der Waals surface area contributed by atoms with Crippen molar-refractivity contribution in [1.82, 2.24) is 29.7 Å². The molecule has 1 aromatic carbocycles. The van der Waals surface area contributed by atoms with Gasteiger partial charge in [0, 0.05) is 18.9 Å². The van der Waals surface area contributed by atoms with E-state index in [0.29, 0.717) is 11.3 Å². The Labute approximate surface area is 162 Å². The van der Waals surface area contributed by atoms with E-state index in [-0.39, 0.29) is 18.8 Å². The van der Waals surface area contributed by atoms with Crippen LogP contribution in [0.1, 0.15) is 29.0 Å². The number of aryl methyl sites for hydroxylation is 2. The molecule has 0 aliphatic heterocycles. The molecule has 3 aromatic heterocycles. The number of rotatable bonds is 6. The number of nitrogens with zero attached hydrogens (tertiary/aromatic N) is 6. The molecule has 0 aliphatic carbocycles. The van der Waals surface area contributed by atoms with Gasteiger partial charge in [-0.25, -0.2) is 4.98 Å². The number of ether oxygens (including phenoxy) is 2. The highest BCUT2D eigenvalue weighted by Gasteiger charge is 2.22. The summed E-state index contributed by atoms with van der Waals surface area (Å²) >= 11 is 0. The van der Waals surface area contributed by atoms with Crippen molar-refractivity contribution < 1.29 is 9.47 Å². The maximum absolute atomic E-state index is 5.78. The zero-order valence-corrected chi connectivity index (χ0v) is 15.9. The van der Waals surface area contributed by atoms with Gasteiger partial charge >= 0.3 is 6.01 Å². The number of hydrogen-bond donors (Lipinski definition) is 0. The summed E-state index contributed by atoms with van der Waals surface area (Å²) in [5.41, 5.74) is 3.83. The lowest BCUT2D eigenvalue weighted by Gasteiger charge is -2.19. The minimum Gasteiger partial charge on any atom is -0.457 e. The third-order valence-corrected chi connectivity index (χ3v) is 4.39. The van der Waals surface area contributed by atoms with Gasteiger partial charge in [0.1, 0.15) is 23.6 Å². The van der Waals surface area contributed by atoms with Gasteiger partial charge in [0.15, 0.2) is 11.9 Å². The predicted molar refractivity (Wildman–Crippen MR) is 103 cm³/mol. The molecule has 3 heterocycles. The minimum absolute atomic E-state index is 0.234. The molecule has 142 valence electrons. The summed E-state index contributed by atoms with van der Waals surface area (Å²) in [6.07, 6.45) is 1.26. The second-order valence-corrected chi connectivity index (χ2v) is 6.30. The van der Waals surface area contributed by atoms with Crippen LogP contribution in [0.2, 0.25) is 0 Å². The number of hydrogen-bond acceptors (Lipinski definition) is 7. The minimum atomic E-state index is -0.353. The summed E-state index contributed by atoms with van der Waals surface area (Å²) in [5.74, 6) is 0.786. The van der Waals surface area contributed by atoms with Gasteiger partial charge in [-0.2, -0.15) is 20.2 Å². The van der Waals surface area contributed by atoms with Crippen molar-refractivity contribution >= 4 is 11.2 Å². The third kappa shape index (κ3) is 3.41. The fourth-order valence-corrected chi connectivity index (χ4v) is 3.10. The van der Waals surface area contributed by atoms with Gasteiger partial charge < -0.3 is 9.47 Å². The largest absolute Gasteiger partial charge is 0.457 e. The van der Waals surface area contributed by atoms with Crippen molar-refractivity contribution in [2.24, 2.45) is 0 Å². The Kier molecular flexibility index (Phi) is 4.94. The van der Waals surface area contributed by atoms with Crippen LogP contribution in [-0.2, 0) is 11.3 Å². The average molecular weight is 376 g/mol. The molecule has 4 rings (SSSR count). The Hall–Kier alpha value is -3.39. The topological polar surface area (TPSA) is 87.8 Å². The number of aromatic nitrogens is 6. The molecule has 4 aromatic rings. The zero-order valence-electron chi connectivity index (χ0n) is 15.9. The van der Waals surface area contributed by atoms with E-state index < -0.39 is 0 Å². The van der Waals surface area contributed by atoms with Crippen molar-refractivity contribution in [1.29, 1.82) is 0 Å². The Morgan fingerprint density at radius 1 is 1.00 bits per heavy atom. The summed E-state index contributed by atoms with van der Waals surface area (Å²) < 4.78 is 13.5. The fraction of sp³-hybridized carbons (Fsp3) is 0.250. The van der Waals surface area contributed by atoms with Gasteiger partial charge in [0.2, 0.25) is 0 Å². The van der Waals surface area contributed by atoms with E-state index in [1.807, 2.05) is 60.9 Å². The molecule has 0 bridgehead atoms. The summed E-state index contributed by atoms with van der Waals surface area (Å²) in [7, 11) is 1.67. The SMILES string of the molecule is COC(c1ccccc1)n1c(C)nc2c(C)nc(OCc3cccnn3)nc21. The van der Waals surface area contributed by atoms with Gasteiger partial charge in [-0.15, -0.1) is 0 Å². The van der Waals surface area contributed by atoms with E-state index in [9.17, 15) is 0 Å². The van der Waals surface area contributed by atoms with E-state index in [0.717, 1.165) is 22.6 Å².